The lowest BCUT2D eigenvalue weighted by molar-refractivity contribution is -0.121. The molecule has 2 aliphatic rings. The first kappa shape index (κ1) is 22.0. The van der Waals surface area contributed by atoms with E-state index >= 15 is 0 Å². The Morgan fingerprint density at radius 1 is 0.968 bits per heavy atom. The van der Waals surface area contributed by atoms with Crippen LogP contribution in [0.15, 0.2) is 35.2 Å². The van der Waals surface area contributed by atoms with E-state index in [1.807, 2.05) is 6.07 Å². The second kappa shape index (κ2) is 9.50. The van der Waals surface area contributed by atoms with Crippen LogP contribution in [0, 0.1) is 0 Å². The molecule has 2 N–H and O–H groups in total. The summed E-state index contributed by atoms with van der Waals surface area (Å²) in [6.45, 7) is 1.15. The summed E-state index contributed by atoms with van der Waals surface area (Å²) in [5, 5.41) is 0. The number of benzene rings is 1. The summed E-state index contributed by atoms with van der Waals surface area (Å²) in [6, 6.07) is 8.61. The molecule has 7 nitrogen and oxygen atoms in total. The summed E-state index contributed by atoms with van der Waals surface area (Å²) in [7, 11) is -3.45. The van der Waals surface area contributed by atoms with Crippen LogP contribution < -0.4 is 10.9 Å². The van der Waals surface area contributed by atoms with Gasteiger partial charge in [-0.1, -0.05) is 18.6 Å². The van der Waals surface area contributed by atoms with E-state index in [2.05, 4.69) is 10.9 Å². The van der Waals surface area contributed by atoms with Gasteiger partial charge in [0, 0.05) is 24.4 Å². The summed E-state index contributed by atoms with van der Waals surface area (Å²) in [4.78, 5) is 26.5. The molecule has 0 spiro atoms. The second-order valence-electron chi connectivity index (χ2n) is 8.02. The molecule has 1 aromatic heterocycles. The molecule has 31 heavy (non-hydrogen) atoms. The first-order chi connectivity index (χ1) is 14.9. The first-order valence-electron chi connectivity index (χ1n) is 10.7. The summed E-state index contributed by atoms with van der Waals surface area (Å²) in [5.74, 6) is -0.581. The van der Waals surface area contributed by atoms with Gasteiger partial charge in [-0.2, -0.15) is 4.31 Å². The third-order valence-corrected chi connectivity index (χ3v) is 8.95. The molecule has 2 aromatic rings. The van der Waals surface area contributed by atoms with E-state index in [0.29, 0.717) is 24.4 Å². The molecule has 1 aliphatic carbocycles. The van der Waals surface area contributed by atoms with Crippen LogP contribution in [0.25, 0.3) is 0 Å². The molecular weight excluding hydrogens is 434 g/mol. The second-order valence-corrected chi connectivity index (χ2v) is 11.1. The Bertz CT molecular complexity index is 1030. The molecule has 4 rings (SSSR count). The van der Waals surface area contributed by atoms with E-state index in [0.717, 1.165) is 44.1 Å². The van der Waals surface area contributed by atoms with Crippen molar-refractivity contribution in [3.05, 3.63) is 51.2 Å². The number of carbonyl (C=O) groups is 2. The lowest BCUT2D eigenvalue weighted by Crippen LogP contribution is -2.41. The number of rotatable bonds is 6. The highest BCUT2D eigenvalue weighted by molar-refractivity contribution is 7.89. The van der Waals surface area contributed by atoms with Gasteiger partial charge in [-0.15, -0.1) is 11.3 Å². The lowest BCUT2D eigenvalue weighted by atomic mass is 10.1. The van der Waals surface area contributed by atoms with Crippen molar-refractivity contribution in [2.45, 2.75) is 56.3 Å². The minimum atomic E-state index is -3.45. The number of aryl methyl sites for hydroxylation is 3. The first-order valence-corrected chi connectivity index (χ1v) is 13.0. The van der Waals surface area contributed by atoms with Gasteiger partial charge in [0.25, 0.3) is 5.91 Å². The molecule has 0 radical (unpaired) electrons. The van der Waals surface area contributed by atoms with Crippen LogP contribution in [0.1, 0.15) is 57.8 Å². The molecule has 1 saturated heterocycles. The molecule has 9 heteroatoms. The van der Waals surface area contributed by atoms with E-state index in [1.165, 1.54) is 21.8 Å². The van der Waals surface area contributed by atoms with Crippen LogP contribution in [-0.4, -0.2) is 37.6 Å². The maximum absolute atomic E-state index is 12.7. The van der Waals surface area contributed by atoms with Gasteiger partial charge in [0.05, 0.1) is 9.77 Å². The number of carbonyl (C=O) groups excluding carboxylic acids is 2. The number of sulfonamides is 1. The number of nitrogens with zero attached hydrogens (tertiary/aromatic N) is 1. The Morgan fingerprint density at radius 2 is 1.71 bits per heavy atom. The molecule has 2 amide bonds. The molecule has 0 saturated carbocycles. The predicted molar refractivity (Wildman–Crippen MR) is 119 cm³/mol. The number of fused-ring (bicyclic) bond motifs is 1. The maximum Gasteiger partial charge on any atom is 0.279 e. The van der Waals surface area contributed by atoms with Crippen molar-refractivity contribution >= 4 is 33.2 Å². The zero-order valence-corrected chi connectivity index (χ0v) is 19.0. The van der Waals surface area contributed by atoms with Gasteiger partial charge in [-0.05, 0) is 67.9 Å². The smallest absolute Gasteiger partial charge is 0.273 e. The topological polar surface area (TPSA) is 95.6 Å². The van der Waals surface area contributed by atoms with E-state index in [9.17, 15) is 18.0 Å². The van der Waals surface area contributed by atoms with Gasteiger partial charge in [0.1, 0.15) is 0 Å². The number of hydrogen-bond donors (Lipinski definition) is 2. The van der Waals surface area contributed by atoms with Gasteiger partial charge in [-0.25, -0.2) is 8.42 Å². The van der Waals surface area contributed by atoms with Gasteiger partial charge >= 0.3 is 0 Å². The van der Waals surface area contributed by atoms with Gasteiger partial charge < -0.3 is 0 Å². The number of thiophene rings is 1. The van der Waals surface area contributed by atoms with Gasteiger partial charge in [-0.3, -0.25) is 20.4 Å². The van der Waals surface area contributed by atoms with E-state index in [-0.39, 0.29) is 23.1 Å². The fourth-order valence-corrected chi connectivity index (χ4v) is 6.70. The summed E-state index contributed by atoms with van der Waals surface area (Å²) >= 11 is 1.49. The molecule has 166 valence electrons. The highest BCUT2D eigenvalue weighted by Gasteiger charge is 2.25. The molecule has 1 aromatic carbocycles. The fourth-order valence-electron chi connectivity index (χ4n) is 4.03. The van der Waals surface area contributed by atoms with E-state index < -0.39 is 10.0 Å². The zero-order valence-electron chi connectivity index (χ0n) is 17.4. The molecule has 0 atom stereocenters. The van der Waals surface area contributed by atoms with Crippen LogP contribution in [0.2, 0.25) is 0 Å². The normalized spacial score (nSPS) is 16.6. The van der Waals surface area contributed by atoms with Crippen LogP contribution in [-0.2, 0) is 34.1 Å². The molecular formula is C22H27N3O4S2. The van der Waals surface area contributed by atoms with Gasteiger partial charge in [0.2, 0.25) is 15.9 Å². The van der Waals surface area contributed by atoms with Crippen molar-refractivity contribution in [2.24, 2.45) is 0 Å². The monoisotopic (exact) mass is 461 g/mol. The zero-order chi connectivity index (χ0) is 21.8. The Kier molecular flexibility index (Phi) is 6.74. The number of amides is 2. The van der Waals surface area contributed by atoms with Crippen LogP contribution in [0.4, 0.5) is 0 Å². The van der Waals surface area contributed by atoms with E-state index in [1.54, 1.807) is 28.6 Å². The summed E-state index contributed by atoms with van der Waals surface area (Å²) in [6.07, 6.45) is 6.71. The number of nitrogens with one attached hydrogen (secondary N) is 2. The Morgan fingerprint density at radius 3 is 2.42 bits per heavy atom. The Balaban J connectivity index is 1.25. The minimum Gasteiger partial charge on any atom is -0.273 e. The van der Waals surface area contributed by atoms with Crippen molar-refractivity contribution < 1.29 is 18.0 Å². The SMILES string of the molecule is O=C(CCc1ccc(S(=O)(=O)N2CCCCC2)cc1)NNC(=O)c1cc2c(s1)CCC2. The average Bonchev–Trinajstić information content (AvgIpc) is 3.39. The van der Waals surface area contributed by atoms with Crippen LogP contribution in [0.5, 0.6) is 0 Å². The molecule has 2 heterocycles. The predicted octanol–water partition coefficient (Wildman–Crippen LogP) is 2.81. The van der Waals surface area contributed by atoms with Crippen molar-refractivity contribution in [1.82, 2.24) is 15.2 Å². The highest BCUT2D eigenvalue weighted by atomic mass is 32.2. The third kappa shape index (κ3) is 5.16. The Hall–Kier alpha value is -2.23. The number of piperidine rings is 1. The largest absolute Gasteiger partial charge is 0.279 e. The number of hydrazine groups is 1. The van der Waals surface area contributed by atoms with Crippen molar-refractivity contribution in [3.63, 3.8) is 0 Å². The van der Waals surface area contributed by atoms with Crippen LogP contribution >= 0.6 is 11.3 Å². The quantitative estimate of drug-likeness (QED) is 0.647. The summed E-state index contributed by atoms with van der Waals surface area (Å²) < 4.78 is 26.9. The van der Waals surface area contributed by atoms with Crippen molar-refractivity contribution in [1.29, 1.82) is 0 Å². The van der Waals surface area contributed by atoms with Gasteiger partial charge in [0.15, 0.2) is 0 Å². The molecule has 0 bridgehead atoms. The molecule has 1 aliphatic heterocycles. The minimum absolute atomic E-state index is 0.194. The molecule has 0 unspecified atom stereocenters. The summed E-state index contributed by atoms with van der Waals surface area (Å²) in [5.41, 5.74) is 7.05. The average molecular weight is 462 g/mol. The maximum atomic E-state index is 12.7. The highest BCUT2D eigenvalue weighted by Crippen LogP contribution is 2.30. The van der Waals surface area contributed by atoms with Crippen molar-refractivity contribution in [2.75, 3.05) is 13.1 Å². The molecule has 1 fully saturated rings. The third-order valence-electron chi connectivity index (χ3n) is 5.80. The van der Waals surface area contributed by atoms with E-state index in [4.69, 9.17) is 0 Å². The fraction of sp³-hybridized carbons (Fsp3) is 0.455. The lowest BCUT2D eigenvalue weighted by Gasteiger charge is -2.25. The van der Waals surface area contributed by atoms with Crippen LogP contribution in [0.3, 0.4) is 0 Å². The standard InChI is InChI=1S/C22H27N3O4S2/c26-21(23-24-22(27)20-15-17-5-4-6-19(17)30-20)12-9-16-7-10-18(11-8-16)31(28,29)25-13-2-1-3-14-25/h7-8,10-11,15H,1-6,9,12-14H2,(H,23,26)(H,24,27). The Labute approximate surface area is 186 Å². The number of hydrogen-bond acceptors (Lipinski definition) is 5. The van der Waals surface area contributed by atoms with Crippen molar-refractivity contribution in [3.8, 4) is 0 Å².